The molecule has 1 aromatic rings. The van der Waals surface area contributed by atoms with Gasteiger partial charge in [-0.05, 0) is 56.8 Å². The second-order valence-corrected chi connectivity index (χ2v) is 5.22. The molecule has 0 aliphatic carbocycles. The van der Waals surface area contributed by atoms with Gasteiger partial charge in [0.15, 0.2) is 0 Å². The van der Waals surface area contributed by atoms with Crippen molar-refractivity contribution < 1.29 is 4.39 Å². The first kappa shape index (κ1) is 13.3. The Hall–Kier alpha value is -1.09. The van der Waals surface area contributed by atoms with Crippen LogP contribution in [0.2, 0.25) is 0 Å². The average Bonchev–Trinajstić information content (AvgIpc) is 2.71. The summed E-state index contributed by atoms with van der Waals surface area (Å²) in [5.74, 6) is -0.104. The first-order chi connectivity index (χ1) is 8.67. The normalized spacial score (nSPS) is 23.7. The fourth-order valence-corrected chi connectivity index (χ4v) is 2.99. The van der Waals surface area contributed by atoms with Gasteiger partial charge in [-0.1, -0.05) is 13.0 Å². The summed E-state index contributed by atoms with van der Waals surface area (Å²) in [6, 6.07) is 6.48. The number of benzene rings is 1. The van der Waals surface area contributed by atoms with E-state index >= 15 is 0 Å². The number of hydrogen-bond donors (Lipinski definition) is 1. The highest BCUT2D eigenvalue weighted by atomic mass is 19.1. The summed E-state index contributed by atoms with van der Waals surface area (Å²) in [7, 11) is 0. The average molecular weight is 250 g/mol. The molecule has 1 aromatic carbocycles. The van der Waals surface area contributed by atoms with E-state index in [9.17, 15) is 4.39 Å². The van der Waals surface area contributed by atoms with Gasteiger partial charge in [-0.2, -0.15) is 0 Å². The SMILES string of the molecule is CCC1CCC(C)N1c1ccc(CCN)cc1F. The van der Waals surface area contributed by atoms with Crippen molar-refractivity contribution in [3.8, 4) is 0 Å². The van der Waals surface area contributed by atoms with Crippen LogP contribution in [-0.4, -0.2) is 18.6 Å². The molecule has 1 aliphatic heterocycles. The van der Waals surface area contributed by atoms with Crippen molar-refractivity contribution in [3.63, 3.8) is 0 Å². The quantitative estimate of drug-likeness (QED) is 0.889. The smallest absolute Gasteiger partial charge is 0.146 e. The third-order valence-corrected chi connectivity index (χ3v) is 3.98. The van der Waals surface area contributed by atoms with Crippen LogP contribution in [0.3, 0.4) is 0 Å². The lowest BCUT2D eigenvalue weighted by molar-refractivity contribution is 0.580. The third-order valence-electron chi connectivity index (χ3n) is 3.98. The molecule has 0 saturated carbocycles. The zero-order valence-electron chi connectivity index (χ0n) is 11.3. The Morgan fingerprint density at radius 2 is 2.17 bits per heavy atom. The number of anilines is 1. The van der Waals surface area contributed by atoms with Crippen LogP contribution in [0.4, 0.5) is 10.1 Å². The summed E-state index contributed by atoms with van der Waals surface area (Å²) in [6.45, 7) is 4.93. The Labute approximate surface area is 109 Å². The van der Waals surface area contributed by atoms with Crippen molar-refractivity contribution in [1.29, 1.82) is 0 Å². The molecule has 0 amide bonds. The first-order valence-electron chi connectivity index (χ1n) is 6.94. The van der Waals surface area contributed by atoms with Crippen LogP contribution in [0.25, 0.3) is 0 Å². The van der Waals surface area contributed by atoms with Gasteiger partial charge in [-0.25, -0.2) is 4.39 Å². The van der Waals surface area contributed by atoms with Crippen LogP contribution in [0.15, 0.2) is 18.2 Å². The molecule has 1 fully saturated rings. The minimum absolute atomic E-state index is 0.104. The van der Waals surface area contributed by atoms with Gasteiger partial charge < -0.3 is 10.6 Å². The van der Waals surface area contributed by atoms with Crippen molar-refractivity contribution in [1.82, 2.24) is 0 Å². The summed E-state index contributed by atoms with van der Waals surface area (Å²) >= 11 is 0. The summed E-state index contributed by atoms with van der Waals surface area (Å²) < 4.78 is 14.2. The lowest BCUT2D eigenvalue weighted by Gasteiger charge is -2.30. The molecule has 0 aromatic heterocycles. The zero-order valence-corrected chi connectivity index (χ0v) is 11.3. The van der Waals surface area contributed by atoms with Gasteiger partial charge in [0.2, 0.25) is 0 Å². The van der Waals surface area contributed by atoms with E-state index < -0.39 is 0 Å². The minimum atomic E-state index is -0.104. The third kappa shape index (κ3) is 2.51. The van der Waals surface area contributed by atoms with Crippen molar-refractivity contribution in [2.75, 3.05) is 11.4 Å². The van der Waals surface area contributed by atoms with Crippen molar-refractivity contribution in [3.05, 3.63) is 29.6 Å². The van der Waals surface area contributed by atoms with E-state index in [1.165, 1.54) is 6.42 Å². The van der Waals surface area contributed by atoms with Crippen LogP contribution >= 0.6 is 0 Å². The molecule has 2 unspecified atom stereocenters. The highest BCUT2D eigenvalue weighted by molar-refractivity contribution is 5.52. The van der Waals surface area contributed by atoms with Crippen LogP contribution in [0.5, 0.6) is 0 Å². The molecule has 0 bridgehead atoms. The first-order valence-corrected chi connectivity index (χ1v) is 6.94. The van der Waals surface area contributed by atoms with E-state index in [0.29, 0.717) is 18.6 Å². The number of hydrogen-bond acceptors (Lipinski definition) is 2. The van der Waals surface area contributed by atoms with Crippen LogP contribution in [0.1, 0.15) is 38.7 Å². The predicted octanol–water partition coefficient (Wildman–Crippen LogP) is 3.09. The van der Waals surface area contributed by atoms with E-state index in [1.54, 1.807) is 6.07 Å². The number of nitrogens with two attached hydrogens (primary N) is 1. The van der Waals surface area contributed by atoms with Gasteiger partial charge in [-0.15, -0.1) is 0 Å². The molecule has 0 radical (unpaired) electrons. The van der Waals surface area contributed by atoms with E-state index in [2.05, 4.69) is 18.7 Å². The minimum Gasteiger partial charge on any atom is -0.363 e. The van der Waals surface area contributed by atoms with Crippen molar-refractivity contribution in [2.24, 2.45) is 5.73 Å². The van der Waals surface area contributed by atoms with Crippen LogP contribution in [-0.2, 0) is 6.42 Å². The maximum absolute atomic E-state index is 14.2. The fraction of sp³-hybridized carbons (Fsp3) is 0.600. The summed E-state index contributed by atoms with van der Waals surface area (Å²) in [4.78, 5) is 2.25. The van der Waals surface area contributed by atoms with Crippen molar-refractivity contribution in [2.45, 2.75) is 51.6 Å². The molecule has 0 spiro atoms. The van der Waals surface area contributed by atoms with Crippen LogP contribution < -0.4 is 10.6 Å². The number of rotatable bonds is 4. The Kier molecular flexibility index (Phi) is 4.23. The topological polar surface area (TPSA) is 29.3 Å². The van der Waals surface area contributed by atoms with E-state index in [-0.39, 0.29) is 5.82 Å². The predicted molar refractivity (Wildman–Crippen MR) is 74.4 cm³/mol. The molecule has 2 N–H and O–H groups in total. The van der Waals surface area contributed by atoms with Gasteiger partial charge in [0.05, 0.1) is 5.69 Å². The van der Waals surface area contributed by atoms with E-state index in [4.69, 9.17) is 5.73 Å². The molecule has 1 heterocycles. The Morgan fingerprint density at radius 1 is 1.39 bits per heavy atom. The maximum atomic E-state index is 14.2. The van der Waals surface area contributed by atoms with Crippen LogP contribution in [0, 0.1) is 5.82 Å². The molecule has 1 aliphatic rings. The molecular weight excluding hydrogens is 227 g/mol. The number of nitrogens with zero attached hydrogens (tertiary/aromatic N) is 1. The Bertz CT molecular complexity index is 405. The Morgan fingerprint density at radius 3 is 2.78 bits per heavy atom. The molecule has 2 nitrogen and oxygen atoms in total. The lowest BCUT2D eigenvalue weighted by atomic mass is 10.1. The zero-order chi connectivity index (χ0) is 13.1. The highest BCUT2D eigenvalue weighted by Gasteiger charge is 2.30. The molecule has 2 atom stereocenters. The fourth-order valence-electron chi connectivity index (χ4n) is 2.99. The van der Waals surface area contributed by atoms with Gasteiger partial charge in [-0.3, -0.25) is 0 Å². The molecule has 3 heteroatoms. The molecule has 2 rings (SSSR count). The highest BCUT2D eigenvalue weighted by Crippen LogP contribution is 2.33. The second-order valence-electron chi connectivity index (χ2n) is 5.22. The van der Waals surface area contributed by atoms with E-state index in [1.807, 2.05) is 12.1 Å². The van der Waals surface area contributed by atoms with Gasteiger partial charge >= 0.3 is 0 Å². The maximum Gasteiger partial charge on any atom is 0.146 e. The lowest BCUT2D eigenvalue weighted by Crippen LogP contribution is -2.34. The molecule has 1 saturated heterocycles. The summed E-state index contributed by atoms with van der Waals surface area (Å²) in [5.41, 5.74) is 7.25. The summed E-state index contributed by atoms with van der Waals surface area (Å²) in [6.07, 6.45) is 4.14. The largest absolute Gasteiger partial charge is 0.363 e. The van der Waals surface area contributed by atoms with Crippen molar-refractivity contribution >= 4 is 5.69 Å². The molecule has 100 valence electrons. The molecular formula is C15H23FN2. The van der Waals surface area contributed by atoms with Gasteiger partial charge in [0.25, 0.3) is 0 Å². The number of halogens is 1. The van der Waals surface area contributed by atoms with E-state index in [0.717, 1.165) is 30.5 Å². The summed E-state index contributed by atoms with van der Waals surface area (Å²) in [5, 5.41) is 0. The molecule has 18 heavy (non-hydrogen) atoms. The standard InChI is InChI=1S/C15H23FN2/c1-3-13-6-4-11(2)18(13)15-7-5-12(8-9-17)10-14(15)16/h5,7,10-11,13H,3-4,6,8-9,17H2,1-2H3. The van der Waals surface area contributed by atoms with Gasteiger partial charge in [0.1, 0.15) is 5.82 Å². The second kappa shape index (κ2) is 5.70. The van der Waals surface area contributed by atoms with Gasteiger partial charge in [0, 0.05) is 12.1 Å². The monoisotopic (exact) mass is 250 g/mol. The Balaban J connectivity index is 2.27.